The van der Waals surface area contributed by atoms with Crippen molar-refractivity contribution >= 4 is 0 Å². The van der Waals surface area contributed by atoms with Crippen LogP contribution in [-0.2, 0) is 4.74 Å². The molecule has 0 heterocycles. The van der Waals surface area contributed by atoms with Gasteiger partial charge in [-0.3, -0.25) is 0 Å². The minimum Gasteiger partial charge on any atom is -0.490 e. The molecule has 3 aliphatic carbocycles. The molecule has 3 aliphatic rings. The lowest BCUT2D eigenvalue weighted by Crippen LogP contribution is -2.29. The summed E-state index contributed by atoms with van der Waals surface area (Å²) in [6.07, 6.45) is 15.8. The first-order chi connectivity index (χ1) is 22.4. The SMILES string of the molecule is CCCCOc1ccc(C2CCC(OCC3CCC(C4CCC(c5ccc(OCCCC)c(F)c5F)CC4)CC3)CC2)c(F)c1F. The van der Waals surface area contributed by atoms with Gasteiger partial charge in [0.05, 0.1) is 19.3 Å². The van der Waals surface area contributed by atoms with Gasteiger partial charge in [0.25, 0.3) is 0 Å². The molecule has 0 N–H and O–H groups in total. The highest BCUT2D eigenvalue weighted by Crippen LogP contribution is 2.45. The first-order valence-corrected chi connectivity index (χ1v) is 18.2. The Labute approximate surface area is 273 Å². The number of halogens is 4. The maximum Gasteiger partial charge on any atom is 0.200 e. The lowest BCUT2D eigenvalue weighted by Gasteiger charge is -2.38. The van der Waals surface area contributed by atoms with Gasteiger partial charge in [0.15, 0.2) is 23.1 Å². The van der Waals surface area contributed by atoms with E-state index in [-0.39, 0.29) is 29.4 Å². The number of hydrogen-bond acceptors (Lipinski definition) is 3. The van der Waals surface area contributed by atoms with E-state index in [2.05, 4.69) is 0 Å². The zero-order valence-corrected chi connectivity index (χ0v) is 27.9. The number of rotatable bonds is 14. The second kappa shape index (κ2) is 17.2. The number of benzene rings is 2. The van der Waals surface area contributed by atoms with Crippen molar-refractivity contribution in [2.45, 2.75) is 135 Å². The Morgan fingerprint density at radius 1 is 0.543 bits per heavy atom. The van der Waals surface area contributed by atoms with Crippen LogP contribution in [0.3, 0.4) is 0 Å². The second-order valence-electron chi connectivity index (χ2n) is 14.2. The molecular weight excluding hydrogens is 592 g/mol. The Morgan fingerprint density at radius 3 is 1.43 bits per heavy atom. The third-order valence-electron chi connectivity index (χ3n) is 11.1. The van der Waals surface area contributed by atoms with Gasteiger partial charge in [0.2, 0.25) is 11.6 Å². The van der Waals surface area contributed by atoms with Gasteiger partial charge in [-0.15, -0.1) is 0 Å². The van der Waals surface area contributed by atoms with Gasteiger partial charge < -0.3 is 14.2 Å². The third-order valence-corrected chi connectivity index (χ3v) is 11.1. The monoisotopic (exact) mass is 646 g/mol. The normalized spacial score (nSPS) is 27.0. The van der Waals surface area contributed by atoms with E-state index in [1.807, 2.05) is 13.8 Å². The Balaban J connectivity index is 0.999. The lowest BCUT2D eigenvalue weighted by molar-refractivity contribution is -0.00764. The first kappa shape index (κ1) is 35.0. The van der Waals surface area contributed by atoms with Crippen LogP contribution in [0.2, 0.25) is 0 Å². The van der Waals surface area contributed by atoms with E-state index >= 15 is 0 Å². The van der Waals surface area contributed by atoms with E-state index in [1.165, 1.54) is 25.7 Å². The fraction of sp³-hybridized carbons (Fsp3) is 0.692. The summed E-state index contributed by atoms with van der Waals surface area (Å²) in [6, 6.07) is 6.63. The van der Waals surface area contributed by atoms with Gasteiger partial charge >= 0.3 is 0 Å². The van der Waals surface area contributed by atoms with Crippen LogP contribution < -0.4 is 9.47 Å². The van der Waals surface area contributed by atoms with Gasteiger partial charge in [-0.2, -0.15) is 8.78 Å². The Bertz CT molecular complexity index is 1230. The first-order valence-electron chi connectivity index (χ1n) is 18.2. The number of hydrogen-bond donors (Lipinski definition) is 0. The molecule has 5 rings (SSSR count). The topological polar surface area (TPSA) is 27.7 Å². The van der Waals surface area contributed by atoms with Crippen LogP contribution in [0.5, 0.6) is 11.5 Å². The van der Waals surface area contributed by atoms with E-state index < -0.39 is 23.3 Å². The van der Waals surface area contributed by atoms with E-state index in [1.54, 1.807) is 24.3 Å². The average molecular weight is 647 g/mol. The molecule has 0 aromatic heterocycles. The Kier molecular flexibility index (Phi) is 13.1. The number of ether oxygens (including phenoxy) is 3. The highest BCUT2D eigenvalue weighted by atomic mass is 19.2. The molecule has 0 atom stereocenters. The minimum absolute atomic E-state index is 0.00996. The summed E-state index contributed by atoms with van der Waals surface area (Å²) < 4.78 is 76.3. The van der Waals surface area contributed by atoms with Crippen molar-refractivity contribution in [3.05, 3.63) is 58.7 Å². The summed E-state index contributed by atoms with van der Waals surface area (Å²) in [7, 11) is 0. The van der Waals surface area contributed by atoms with Crippen LogP contribution in [0.25, 0.3) is 0 Å². The molecule has 0 aliphatic heterocycles. The predicted octanol–water partition coefficient (Wildman–Crippen LogP) is 11.4. The van der Waals surface area contributed by atoms with Crippen molar-refractivity contribution in [1.29, 1.82) is 0 Å². The smallest absolute Gasteiger partial charge is 0.200 e. The summed E-state index contributed by atoms with van der Waals surface area (Å²) >= 11 is 0. The molecule has 0 bridgehead atoms. The molecule has 2 aromatic rings. The van der Waals surface area contributed by atoms with E-state index in [4.69, 9.17) is 14.2 Å². The molecule has 0 amide bonds. The molecule has 46 heavy (non-hydrogen) atoms. The fourth-order valence-corrected chi connectivity index (χ4v) is 8.14. The maximum absolute atomic E-state index is 14.9. The van der Waals surface area contributed by atoms with Crippen molar-refractivity contribution in [1.82, 2.24) is 0 Å². The van der Waals surface area contributed by atoms with Crippen LogP contribution in [-0.4, -0.2) is 25.9 Å². The van der Waals surface area contributed by atoms with Crippen molar-refractivity contribution < 1.29 is 31.8 Å². The van der Waals surface area contributed by atoms with Gasteiger partial charge in [-0.1, -0.05) is 38.8 Å². The van der Waals surface area contributed by atoms with Gasteiger partial charge in [-0.05, 0) is 143 Å². The van der Waals surface area contributed by atoms with Crippen LogP contribution in [0, 0.1) is 41.0 Å². The van der Waals surface area contributed by atoms with Crippen LogP contribution >= 0.6 is 0 Å². The Hall–Kier alpha value is -2.28. The third kappa shape index (κ3) is 8.79. The molecule has 0 saturated heterocycles. The summed E-state index contributed by atoms with van der Waals surface area (Å²) in [6.45, 7) is 5.66. The zero-order valence-electron chi connectivity index (χ0n) is 27.9. The zero-order chi connectivity index (χ0) is 32.5. The average Bonchev–Trinajstić information content (AvgIpc) is 3.09. The molecule has 3 saturated carbocycles. The minimum atomic E-state index is -0.863. The highest BCUT2D eigenvalue weighted by Gasteiger charge is 2.34. The summed E-state index contributed by atoms with van der Waals surface area (Å²) in [4.78, 5) is 0. The maximum atomic E-state index is 14.9. The molecule has 256 valence electrons. The quantitative estimate of drug-likeness (QED) is 0.151. The molecule has 2 aromatic carbocycles. The van der Waals surface area contributed by atoms with Crippen LogP contribution in [0.1, 0.15) is 140 Å². The molecule has 0 radical (unpaired) electrons. The summed E-state index contributed by atoms with van der Waals surface area (Å²) in [5.74, 6) is -1.10. The van der Waals surface area contributed by atoms with Gasteiger partial charge in [0, 0.05) is 6.61 Å². The standard InChI is InChI=1S/C39H54F4O3/c1-3-5-23-44-34-21-19-32(36(40)38(34)42)29-13-11-28(12-14-29)27-9-7-26(8-10-27)25-46-31-17-15-30(16-18-31)33-20-22-35(39(43)37(33)41)45-24-6-4-2/h19-22,26-31H,3-18,23-25H2,1-2H3. The van der Waals surface area contributed by atoms with Gasteiger partial charge in [-0.25, -0.2) is 8.78 Å². The van der Waals surface area contributed by atoms with E-state index in [0.717, 1.165) is 83.7 Å². The van der Waals surface area contributed by atoms with Crippen molar-refractivity contribution in [3.8, 4) is 11.5 Å². The molecular formula is C39H54F4O3. The molecule has 0 spiro atoms. The van der Waals surface area contributed by atoms with Crippen molar-refractivity contribution in [2.75, 3.05) is 19.8 Å². The molecule has 3 fully saturated rings. The van der Waals surface area contributed by atoms with Gasteiger partial charge in [0.1, 0.15) is 0 Å². The highest BCUT2D eigenvalue weighted by molar-refractivity contribution is 5.34. The van der Waals surface area contributed by atoms with E-state index in [9.17, 15) is 17.6 Å². The second-order valence-corrected chi connectivity index (χ2v) is 14.2. The van der Waals surface area contributed by atoms with Crippen molar-refractivity contribution in [3.63, 3.8) is 0 Å². The molecule has 0 unspecified atom stereocenters. The fourth-order valence-electron chi connectivity index (χ4n) is 8.14. The van der Waals surface area contributed by atoms with Crippen molar-refractivity contribution in [2.24, 2.45) is 17.8 Å². The van der Waals surface area contributed by atoms with Crippen LogP contribution in [0.15, 0.2) is 24.3 Å². The largest absolute Gasteiger partial charge is 0.490 e. The van der Waals surface area contributed by atoms with E-state index in [0.29, 0.717) is 42.1 Å². The molecule has 3 nitrogen and oxygen atoms in total. The summed E-state index contributed by atoms with van der Waals surface area (Å²) in [5, 5.41) is 0. The molecule has 7 heteroatoms. The summed E-state index contributed by atoms with van der Waals surface area (Å²) in [5.41, 5.74) is 0.977. The van der Waals surface area contributed by atoms with Crippen LogP contribution in [0.4, 0.5) is 17.6 Å². The number of unbranched alkanes of at least 4 members (excludes halogenated alkanes) is 2. The lowest BCUT2D eigenvalue weighted by atomic mass is 9.68. The predicted molar refractivity (Wildman–Crippen MR) is 175 cm³/mol. The Morgan fingerprint density at radius 2 is 0.978 bits per heavy atom.